The summed E-state index contributed by atoms with van der Waals surface area (Å²) >= 11 is 0. The van der Waals surface area contributed by atoms with Gasteiger partial charge in [0.05, 0.1) is 0 Å². The molecule has 174 valence electrons. The van der Waals surface area contributed by atoms with E-state index in [0.29, 0.717) is 36.8 Å². The lowest BCUT2D eigenvalue weighted by Gasteiger charge is -2.61. The Hall–Kier alpha value is -1.36. The van der Waals surface area contributed by atoms with Crippen LogP contribution in [0.3, 0.4) is 0 Å². The van der Waals surface area contributed by atoms with E-state index in [1.165, 1.54) is 32.1 Å². The van der Waals surface area contributed by atoms with E-state index >= 15 is 0 Å². The summed E-state index contributed by atoms with van der Waals surface area (Å²) in [4.78, 5) is 30.7. The van der Waals surface area contributed by atoms with Crippen LogP contribution in [0.5, 0.6) is 0 Å². The number of hydrogen-bond donors (Lipinski definition) is 1. The van der Waals surface area contributed by atoms with Gasteiger partial charge in [-0.2, -0.15) is 0 Å². The van der Waals surface area contributed by atoms with Gasteiger partial charge in [0.1, 0.15) is 5.92 Å². The molecule has 0 bridgehead atoms. The maximum Gasteiger partial charge on any atom is 0.233 e. The second-order valence-electron chi connectivity index (χ2n) is 11.1. The Morgan fingerprint density at radius 3 is 2.61 bits per heavy atom. The molecule has 3 aliphatic carbocycles. The highest BCUT2D eigenvalue weighted by Crippen LogP contribution is 2.64. The molecule has 4 aliphatic rings. The molecule has 0 aromatic rings. The molecule has 1 unspecified atom stereocenters. The fourth-order valence-corrected chi connectivity index (χ4v) is 7.94. The number of carbonyl (C=O) groups excluding carboxylic acids is 2. The number of hydrogen-bond acceptors (Lipinski definition) is 4. The molecular weight excluding hydrogens is 388 g/mol. The highest BCUT2D eigenvalue weighted by atomic mass is 16.3. The number of carbonyl (C=O) groups is 2. The van der Waals surface area contributed by atoms with Crippen LogP contribution in [0.2, 0.25) is 0 Å². The minimum atomic E-state index is -0.538. The molecule has 1 amide bonds. The van der Waals surface area contributed by atoms with Gasteiger partial charge in [-0.1, -0.05) is 20.3 Å². The Kier molecular flexibility index (Phi) is 6.28. The first-order valence-corrected chi connectivity index (χ1v) is 12.7. The zero-order valence-corrected chi connectivity index (χ0v) is 20.0. The lowest BCUT2D eigenvalue weighted by molar-refractivity contribution is -0.144. The van der Waals surface area contributed by atoms with E-state index in [0.717, 1.165) is 31.1 Å². The second kappa shape index (κ2) is 8.53. The first kappa shape index (κ1) is 22.8. The number of amides is 1. The quantitative estimate of drug-likeness (QED) is 0.650. The fourth-order valence-electron chi connectivity index (χ4n) is 7.94. The molecule has 1 aliphatic heterocycles. The molecule has 2 saturated carbocycles. The number of ketones is 1. The third-order valence-corrected chi connectivity index (χ3v) is 9.60. The van der Waals surface area contributed by atoms with Crippen LogP contribution in [-0.2, 0) is 9.59 Å². The summed E-state index contributed by atoms with van der Waals surface area (Å²) < 4.78 is 0. The van der Waals surface area contributed by atoms with Gasteiger partial charge in [-0.05, 0) is 75.5 Å². The van der Waals surface area contributed by atoms with Crippen LogP contribution in [-0.4, -0.2) is 59.4 Å². The fraction of sp³-hybridized carbons (Fsp3) is 0.846. The lowest BCUT2D eigenvalue weighted by atomic mass is 9.49. The van der Waals surface area contributed by atoms with Gasteiger partial charge in [-0.15, -0.1) is 0 Å². The zero-order chi connectivity index (χ0) is 22.4. The topological polar surface area (TPSA) is 60.9 Å². The summed E-state index contributed by atoms with van der Waals surface area (Å²) in [5, 5.41) is 9.50. The minimum Gasteiger partial charge on any atom is -0.396 e. The van der Waals surface area contributed by atoms with Crippen molar-refractivity contribution in [1.29, 1.82) is 0 Å². The van der Waals surface area contributed by atoms with Crippen molar-refractivity contribution < 1.29 is 14.7 Å². The molecule has 5 nitrogen and oxygen atoms in total. The average Bonchev–Trinajstić information content (AvgIpc) is 3.15. The maximum absolute atomic E-state index is 13.3. The van der Waals surface area contributed by atoms with E-state index in [1.807, 2.05) is 24.8 Å². The van der Waals surface area contributed by atoms with Crippen molar-refractivity contribution in [2.24, 2.45) is 34.5 Å². The van der Waals surface area contributed by atoms with Crippen LogP contribution in [0.1, 0.15) is 72.6 Å². The number of rotatable bonds is 6. The van der Waals surface area contributed by atoms with Gasteiger partial charge in [0.25, 0.3) is 0 Å². The van der Waals surface area contributed by atoms with Crippen LogP contribution < -0.4 is 0 Å². The number of aliphatic hydroxyl groups excluding tert-OH is 1. The molecule has 1 saturated heterocycles. The summed E-state index contributed by atoms with van der Waals surface area (Å²) in [6.45, 7) is 12.1. The van der Waals surface area contributed by atoms with Crippen molar-refractivity contribution in [3.05, 3.63) is 11.8 Å². The highest BCUT2D eigenvalue weighted by molar-refractivity contribution is 6.08. The molecule has 1 N–H and O–H groups in total. The smallest absolute Gasteiger partial charge is 0.233 e. The monoisotopic (exact) mass is 430 g/mol. The molecular formula is C26H42N2O3. The molecule has 0 aromatic carbocycles. The van der Waals surface area contributed by atoms with Crippen LogP contribution in [0, 0.1) is 34.5 Å². The normalized spacial score (nSPS) is 39.5. The van der Waals surface area contributed by atoms with Crippen molar-refractivity contribution in [3.8, 4) is 0 Å². The van der Waals surface area contributed by atoms with Gasteiger partial charge >= 0.3 is 0 Å². The molecule has 31 heavy (non-hydrogen) atoms. The Balaban J connectivity index is 1.71. The third-order valence-electron chi connectivity index (χ3n) is 9.60. The molecule has 6 atom stereocenters. The van der Waals surface area contributed by atoms with Crippen LogP contribution in [0.25, 0.3) is 0 Å². The number of allylic oxidation sites excluding steroid dienone is 2. The van der Waals surface area contributed by atoms with Crippen molar-refractivity contribution >= 4 is 11.7 Å². The number of fused-ring (bicyclic) bond motifs is 5. The van der Waals surface area contributed by atoms with E-state index in [9.17, 15) is 14.7 Å². The molecule has 0 spiro atoms. The molecule has 4 rings (SSSR count). The SMILES string of the molecule is CCN(CC)C(=O)C1C[C@@]2(C)C(=CC1=O)N(CCCO)C[C@@H]1[C@H]2CC[C@]2(C)CCC[C@@H]12. The van der Waals surface area contributed by atoms with Gasteiger partial charge < -0.3 is 14.9 Å². The van der Waals surface area contributed by atoms with Crippen LogP contribution in [0.4, 0.5) is 0 Å². The van der Waals surface area contributed by atoms with Crippen molar-refractivity contribution in [2.45, 2.75) is 72.6 Å². The van der Waals surface area contributed by atoms with E-state index in [2.05, 4.69) is 18.7 Å². The summed E-state index contributed by atoms with van der Waals surface area (Å²) in [7, 11) is 0. The van der Waals surface area contributed by atoms with Gasteiger partial charge in [0.2, 0.25) is 5.91 Å². The Morgan fingerprint density at radius 1 is 1.19 bits per heavy atom. The maximum atomic E-state index is 13.3. The number of piperidine rings is 1. The van der Waals surface area contributed by atoms with E-state index in [-0.39, 0.29) is 23.7 Å². The largest absolute Gasteiger partial charge is 0.396 e. The first-order valence-electron chi connectivity index (χ1n) is 12.7. The van der Waals surface area contributed by atoms with Crippen molar-refractivity contribution in [2.75, 3.05) is 32.8 Å². The van der Waals surface area contributed by atoms with Crippen LogP contribution in [0.15, 0.2) is 11.8 Å². The number of aliphatic hydroxyl groups is 1. The highest BCUT2D eigenvalue weighted by Gasteiger charge is 2.59. The number of nitrogens with zero attached hydrogens (tertiary/aromatic N) is 2. The Labute approximate surface area is 188 Å². The van der Waals surface area contributed by atoms with E-state index < -0.39 is 5.92 Å². The number of likely N-dealkylation sites (tertiary alicyclic amines) is 1. The van der Waals surface area contributed by atoms with Crippen LogP contribution >= 0.6 is 0 Å². The summed E-state index contributed by atoms with van der Waals surface area (Å²) in [5.74, 6) is 1.37. The predicted octanol–water partition coefficient (Wildman–Crippen LogP) is 3.86. The van der Waals surface area contributed by atoms with Gasteiger partial charge in [-0.25, -0.2) is 0 Å². The zero-order valence-electron chi connectivity index (χ0n) is 20.0. The standard InChI is InChI=1S/C26H42N2O3/c1-5-27(6-2)24(31)18-16-26(4)21-10-12-25(3)11-7-9-20(25)19(21)17-28(13-8-14-29)23(26)15-22(18)30/h15,18-21,29H,5-14,16-17H2,1-4H3/t18?,19-,20-,21+,25-,26+/m0/s1. The summed E-state index contributed by atoms with van der Waals surface area (Å²) in [5.41, 5.74) is 1.48. The first-order chi connectivity index (χ1) is 14.8. The Bertz CT molecular complexity index is 745. The van der Waals surface area contributed by atoms with Crippen molar-refractivity contribution in [1.82, 2.24) is 9.80 Å². The molecule has 0 radical (unpaired) electrons. The summed E-state index contributed by atoms with van der Waals surface area (Å²) in [6.07, 6.45) is 9.68. The third kappa shape index (κ3) is 3.65. The van der Waals surface area contributed by atoms with Gasteiger partial charge in [0, 0.05) is 50.0 Å². The van der Waals surface area contributed by atoms with Crippen molar-refractivity contribution in [3.63, 3.8) is 0 Å². The molecule has 3 fully saturated rings. The van der Waals surface area contributed by atoms with E-state index in [1.54, 1.807) is 0 Å². The van der Waals surface area contributed by atoms with Gasteiger partial charge in [-0.3, -0.25) is 9.59 Å². The van der Waals surface area contributed by atoms with Gasteiger partial charge in [0.15, 0.2) is 5.78 Å². The van der Waals surface area contributed by atoms with E-state index in [4.69, 9.17) is 0 Å². The molecule has 5 heteroatoms. The predicted molar refractivity (Wildman–Crippen MR) is 122 cm³/mol. The second-order valence-corrected chi connectivity index (χ2v) is 11.1. The summed E-state index contributed by atoms with van der Waals surface area (Å²) in [6, 6.07) is 0. The lowest BCUT2D eigenvalue weighted by Crippen LogP contribution is -2.59. The Morgan fingerprint density at radius 2 is 1.94 bits per heavy atom. The average molecular weight is 431 g/mol. The molecule has 0 aromatic heterocycles. The molecule has 1 heterocycles. The minimum absolute atomic E-state index is 0.0112.